The second kappa shape index (κ2) is 11.3. The van der Waals surface area contributed by atoms with E-state index >= 15 is 0 Å². The lowest BCUT2D eigenvalue weighted by atomic mass is 10.1. The maximum atomic E-state index is 5.43. The van der Waals surface area contributed by atoms with Crippen LogP contribution in [0.25, 0.3) is 5.69 Å². The van der Waals surface area contributed by atoms with Gasteiger partial charge < -0.3 is 19.9 Å². The van der Waals surface area contributed by atoms with E-state index in [2.05, 4.69) is 45.0 Å². The first-order chi connectivity index (χ1) is 15.1. The smallest absolute Gasteiger partial charge is 0.192 e. The van der Waals surface area contributed by atoms with Crippen LogP contribution in [0.1, 0.15) is 43.5 Å². The molecule has 9 nitrogen and oxygen atoms in total. The van der Waals surface area contributed by atoms with Gasteiger partial charge in [0.15, 0.2) is 11.8 Å². The fraction of sp³-hybridized carbons (Fsp3) is 0.455. The van der Waals surface area contributed by atoms with Crippen LogP contribution in [0.5, 0.6) is 0 Å². The molecule has 3 rings (SSSR count). The number of hydrogen-bond acceptors (Lipinski definition) is 5. The average Bonchev–Trinajstić information content (AvgIpc) is 3.43. The number of guanidine groups is 1. The van der Waals surface area contributed by atoms with Crippen LogP contribution in [0, 0.1) is 6.92 Å². The fourth-order valence-electron chi connectivity index (χ4n) is 3.06. The normalized spacial score (nSPS) is 12.7. The third-order valence-electron chi connectivity index (χ3n) is 5.02. The van der Waals surface area contributed by atoms with Gasteiger partial charge in [0, 0.05) is 39.2 Å². The molecule has 0 saturated heterocycles. The summed E-state index contributed by atoms with van der Waals surface area (Å²) in [6, 6.07) is 10.3. The first-order valence-corrected chi connectivity index (χ1v) is 10.7. The molecule has 0 spiro atoms. The Hall–Kier alpha value is -3.20. The van der Waals surface area contributed by atoms with E-state index in [-0.39, 0.29) is 6.04 Å². The predicted molar refractivity (Wildman–Crippen MR) is 121 cm³/mol. The van der Waals surface area contributed by atoms with Crippen molar-refractivity contribution in [3.05, 3.63) is 59.9 Å². The summed E-state index contributed by atoms with van der Waals surface area (Å²) < 4.78 is 9.24. The Bertz CT molecular complexity index is 964. The summed E-state index contributed by atoms with van der Waals surface area (Å²) in [4.78, 5) is 4.74. The van der Waals surface area contributed by atoms with Crippen molar-refractivity contribution >= 4 is 5.96 Å². The molecule has 0 saturated carbocycles. The van der Waals surface area contributed by atoms with Gasteiger partial charge in [-0.3, -0.25) is 0 Å². The average molecular weight is 425 g/mol. The lowest BCUT2D eigenvalue weighted by molar-refractivity contribution is 0.145. The minimum atomic E-state index is 0.0508. The summed E-state index contributed by atoms with van der Waals surface area (Å²) >= 11 is 0. The molecule has 1 aromatic carbocycles. The molecule has 31 heavy (non-hydrogen) atoms. The highest BCUT2D eigenvalue weighted by Crippen LogP contribution is 2.16. The highest BCUT2D eigenvalue weighted by molar-refractivity contribution is 5.80. The van der Waals surface area contributed by atoms with Crippen molar-refractivity contribution in [3.63, 3.8) is 0 Å². The number of aromatic nitrogens is 5. The van der Waals surface area contributed by atoms with E-state index in [4.69, 9.17) is 9.73 Å². The van der Waals surface area contributed by atoms with E-state index in [1.165, 1.54) is 0 Å². The van der Waals surface area contributed by atoms with Gasteiger partial charge in [-0.05, 0) is 51.0 Å². The van der Waals surface area contributed by atoms with Crippen LogP contribution in [0.15, 0.2) is 47.7 Å². The van der Waals surface area contributed by atoms with Crippen LogP contribution in [-0.2, 0) is 18.3 Å². The molecule has 0 fully saturated rings. The molecule has 0 bridgehead atoms. The van der Waals surface area contributed by atoms with Crippen molar-refractivity contribution in [3.8, 4) is 5.69 Å². The van der Waals surface area contributed by atoms with Crippen molar-refractivity contribution in [1.82, 2.24) is 35.2 Å². The number of hydrogen-bond donors (Lipinski definition) is 2. The lowest BCUT2D eigenvalue weighted by Gasteiger charge is -2.19. The second-order valence-electron chi connectivity index (χ2n) is 7.28. The standard InChI is InChI=1S/C22H32N8O/c1-5-31-14-8-11-23-22(24-16-21-28-27-18(3)29(21)4)26-17(2)19-9-6-10-20(15-19)30-13-7-12-25-30/h6-7,9-10,12-13,15,17H,5,8,11,14,16H2,1-4H3,(H2,23,24,26). The zero-order valence-electron chi connectivity index (χ0n) is 18.7. The Morgan fingerprint density at radius 2 is 2.13 bits per heavy atom. The molecule has 1 unspecified atom stereocenters. The molecule has 0 aliphatic rings. The molecule has 166 valence electrons. The monoisotopic (exact) mass is 424 g/mol. The third-order valence-corrected chi connectivity index (χ3v) is 5.02. The third kappa shape index (κ3) is 6.39. The fourth-order valence-corrected chi connectivity index (χ4v) is 3.06. The lowest BCUT2D eigenvalue weighted by Crippen LogP contribution is -2.39. The molecule has 2 N–H and O–H groups in total. The topological polar surface area (TPSA) is 94.2 Å². The molecule has 0 aliphatic heterocycles. The van der Waals surface area contributed by atoms with Gasteiger partial charge in [0.2, 0.25) is 0 Å². The van der Waals surface area contributed by atoms with Crippen LogP contribution in [0.4, 0.5) is 0 Å². The van der Waals surface area contributed by atoms with E-state index in [0.29, 0.717) is 6.54 Å². The minimum absolute atomic E-state index is 0.0508. The number of aryl methyl sites for hydroxylation is 1. The molecule has 0 radical (unpaired) electrons. The van der Waals surface area contributed by atoms with Crippen molar-refractivity contribution in [2.45, 2.75) is 39.8 Å². The number of benzene rings is 1. The van der Waals surface area contributed by atoms with Gasteiger partial charge in [-0.15, -0.1) is 10.2 Å². The Morgan fingerprint density at radius 3 is 2.84 bits per heavy atom. The Labute approximate surface area is 183 Å². The van der Waals surface area contributed by atoms with Gasteiger partial charge >= 0.3 is 0 Å². The molecule has 2 aromatic heterocycles. The van der Waals surface area contributed by atoms with Crippen molar-refractivity contribution in [2.24, 2.45) is 12.0 Å². The SMILES string of the molecule is CCOCCCNC(=NCc1nnc(C)n1C)NC(C)c1cccc(-n2cccn2)c1. The van der Waals surface area contributed by atoms with Crippen molar-refractivity contribution < 1.29 is 4.74 Å². The summed E-state index contributed by atoms with van der Waals surface area (Å²) in [7, 11) is 1.95. The van der Waals surface area contributed by atoms with E-state index in [0.717, 1.165) is 55.0 Å². The molecule has 1 atom stereocenters. The van der Waals surface area contributed by atoms with E-state index in [9.17, 15) is 0 Å². The molecule has 3 aromatic rings. The van der Waals surface area contributed by atoms with Crippen molar-refractivity contribution in [1.29, 1.82) is 0 Å². The molecule has 0 aliphatic carbocycles. The largest absolute Gasteiger partial charge is 0.382 e. The molecular formula is C22H32N8O. The van der Waals surface area contributed by atoms with Gasteiger partial charge in [0.05, 0.1) is 11.7 Å². The highest BCUT2D eigenvalue weighted by Gasteiger charge is 2.11. The zero-order chi connectivity index (χ0) is 22.1. The summed E-state index contributed by atoms with van der Waals surface area (Å²) in [5, 5.41) is 19.5. The minimum Gasteiger partial charge on any atom is -0.382 e. The number of nitrogens with one attached hydrogen (secondary N) is 2. The molecule has 2 heterocycles. The molecule has 0 amide bonds. The number of rotatable bonds is 10. The summed E-state index contributed by atoms with van der Waals surface area (Å²) in [6.45, 7) is 8.72. The van der Waals surface area contributed by atoms with Crippen LogP contribution >= 0.6 is 0 Å². The predicted octanol–water partition coefficient (Wildman–Crippen LogP) is 2.53. The van der Waals surface area contributed by atoms with E-state index < -0.39 is 0 Å². The Kier molecular flexibility index (Phi) is 8.17. The maximum absolute atomic E-state index is 5.43. The van der Waals surface area contributed by atoms with Crippen molar-refractivity contribution in [2.75, 3.05) is 19.8 Å². The van der Waals surface area contributed by atoms with Crippen LogP contribution < -0.4 is 10.6 Å². The number of ether oxygens (including phenoxy) is 1. The van der Waals surface area contributed by atoms with E-state index in [1.807, 2.05) is 54.5 Å². The van der Waals surface area contributed by atoms with Gasteiger partial charge in [-0.25, -0.2) is 9.67 Å². The second-order valence-corrected chi connectivity index (χ2v) is 7.28. The number of aliphatic imine (C=N–C) groups is 1. The van der Waals surface area contributed by atoms with Gasteiger partial charge in [0.25, 0.3) is 0 Å². The summed E-state index contributed by atoms with van der Waals surface area (Å²) in [5.74, 6) is 2.42. The quantitative estimate of drug-likeness (QED) is 0.295. The Balaban J connectivity index is 1.69. The Morgan fingerprint density at radius 1 is 1.26 bits per heavy atom. The van der Waals surface area contributed by atoms with Gasteiger partial charge in [0.1, 0.15) is 12.4 Å². The zero-order valence-corrected chi connectivity index (χ0v) is 18.7. The first kappa shape index (κ1) is 22.5. The van der Waals surface area contributed by atoms with E-state index in [1.54, 1.807) is 6.20 Å². The summed E-state index contributed by atoms with van der Waals surface area (Å²) in [6.07, 6.45) is 4.62. The summed E-state index contributed by atoms with van der Waals surface area (Å²) in [5.41, 5.74) is 2.17. The van der Waals surface area contributed by atoms with Gasteiger partial charge in [-0.1, -0.05) is 12.1 Å². The van der Waals surface area contributed by atoms with Crippen LogP contribution in [0.2, 0.25) is 0 Å². The van der Waals surface area contributed by atoms with Crippen LogP contribution in [0.3, 0.4) is 0 Å². The maximum Gasteiger partial charge on any atom is 0.192 e. The number of nitrogens with zero attached hydrogens (tertiary/aromatic N) is 6. The first-order valence-electron chi connectivity index (χ1n) is 10.7. The highest BCUT2D eigenvalue weighted by atomic mass is 16.5. The van der Waals surface area contributed by atoms with Gasteiger partial charge in [-0.2, -0.15) is 5.10 Å². The molecular weight excluding hydrogens is 392 g/mol. The molecule has 9 heteroatoms. The van der Waals surface area contributed by atoms with Crippen LogP contribution in [-0.4, -0.2) is 50.3 Å².